The Hall–Kier alpha value is -0.430. The first kappa shape index (κ1) is 14.0. The van der Waals surface area contributed by atoms with Crippen LogP contribution in [0, 0.1) is 0 Å². The Bertz CT molecular complexity index is 393. The van der Waals surface area contributed by atoms with E-state index in [0.717, 1.165) is 0 Å². The summed E-state index contributed by atoms with van der Waals surface area (Å²) in [6, 6.07) is 7.20. The van der Waals surface area contributed by atoms with Gasteiger partial charge in [-0.1, -0.05) is 52.2 Å². The Balaban J connectivity index is 2.03. The first-order valence-corrected chi connectivity index (χ1v) is 8.38. The molecule has 0 fully saturated rings. The van der Waals surface area contributed by atoms with Crippen molar-refractivity contribution in [3.63, 3.8) is 0 Å². The average Bonchev–Trinajstić information content (AvgIpc) is 2.34. The molecule has 1 aliphatic rings. The summed E-state index contributed by atoms with van der Waals surface area (Å²) in [5, 5.41) is 0. The molecule has 1 aromatic rings. The van der Waals surface area contributed by atoms with Crippen LogP contribution in [-0.2, 0) is 11.8 Å². The van der Waals surface area contributed by atoms with Gasteiger partial charge in [-0.15, -0.1) is 11.8 Å². The van der Waals surface area contributed by atoms with Gasteiger partial charge in [0.25, 0.3) is 0 Å². The molecule has 0 aliphatic carbocycles. The van der Waals surface area contributed by atoms with Crippen molar-refractivity contribution in [2.45, 2.75) is 69.6 Å². The highest BCUT2D eigenvalue weighted by atomic mass is 32.2. The molecule has 0 aromatic heterocycles. The third-order valence-electron chi connectivity index (χ3n) is 4.08. The van der Waals surface area contributed by atoms with Crippen LogP contribution >= 0.6 is 11.8 Å². The fourth-order valence-electron chi connectivity index (χ4n) is 2.71. The van der Waals surface area contributed by atoms with Crippen LogP contribution < -0.4 is 0 Å². The molecule has 100 valence electrons. The minimum atomic E-state index is 0.376. The van der Waals surface area contributed by atoms with Crippen molar-refractivity contribution in [2.75, 3.05) is 5.75 Å². The predicted octanol–water partition coefficient (Wildman–Crippen LogP) is 5.58. The van der Waals surface area contributed by atoms with E-state index in [-0.39, 0.29) is 0 Å². The molecule has 1 heteroatoms. The molecule has 0 saturated heterocycles. The number of benzene rings is 1. The van der Waals surface area contributed by atoms with E-state index in [1.165, 1.54) is 49.8 Å². The summed E-state index contributed by atoms with van der Waals surface area (Å²) in [5.41, 5.74) is 3.48. The van der Waals surface area contributed by atoms with Crippen molar-refractivity contribution in [3.8, 4) is 0 Å². The van der Waals surface area contributed by atoms with Crippen LogP contribution in [0.5, 0.6) is 0 Å². The highest BCUT2D eigenvalue weighted by molar-refractivity contribution is 7.99. The van der Waals surface area contributed by atoms with Gasteiger partial charge in [0.15, 0.2) is 0 Å². The van der Waals surface area contributed by atoms with Crippen LogP contribution in [0.25, 0.3) is 0 Å². The Morgan fingerprint density at radius 3 is 2.78 bits per heavy atom. The van der Waals surface area contributed by atoms with E-state index in [1.807, 2.05) is 11.8 Å². The van der Waals surface area contributed by atoms with E-state index >= 15 is 0 Å². The van der Waals surface area contributed by atoms with Crippen LogP contribution in [-0.4, -0.2) is 5.75 Å². The number of hydrogen-bond donors (Lipinski definition) is 0. The third kappa shape index (κ3) is 3.32. The zero-order valence-electron chi connectivity index (χ0n) is 12.1. The van der Waals surface area contributed by atoms with E-state index in [2.05, 4.69) is 39.0 Å². The van der Waals surface area contributed by atoms with Crippen LogP contribution in [0.2, 0.25) is 0 Å². The molecule has 0 bridgehead atoms. The molecule has 0 radical (unpaired) electrons. The Labute approximate surface area is 117 Å². The first-order valence-electron chi connectivity index (χ1n) is 7.40. The number of hydrogen-bond acceptors (Lipinski definition) is 1. The van der Waals surface area contributed by atoms with Gasteiger partial charge in [0.2, 0.25) is 0 Å². The molecule has 0 saturated carbocycles. The molecule has 0 atom stereocenters. The fraction of sp³-hybridized carbons (Fsp3) is 0.647. The second kappa shape index (κ2) is 6.14. The highest BCUT2D eigenvalue weighted by Gasteiger charge is 2.27. The molecule has 1 aliphatic heterocycles. The van der Waals surface area contributed by atoms with Gasteiger partial charge >= 0.3 is 0 Å². The van der Waals surface area contributed by atoms with Crippen molar-refractivity contribution < 1.29 is 0 Å². The normalized spacial score (nSPS) is 17.5. The van der Waals surface area contributed by atoms with Gasteiger partial charge in [-0.3, -0.25) is 0 Å². The lowest BCUT2D eigenvalue weighted by Crippen LogP contribution is -2.22. The zero-order valence-corrected chi connectivity index (χ0v) is 12.9. The summed E-state index contributed by atoms with van der Waals surface area (Å²) in [4.78, 5) is 1.54. The van der Waals surface area contributed by atoms with Crippen LogP contribution in [0.15, 0.2) is 23.1 Å². The van der Waals surface area contributed by atoms with E-state index in [1.54, 1.807) is 10.5 Å². The number of rotatable bonds is 5. The van der Waals surface area contributed by atoms with Gasteiger partial charge in [-0.2, -0.15) is 0 Å². The molecule has 2 rings (SSSR count). The number of unbranched alkanes of at least 4 members (excludes halogenated alkanes) is 3. The maximum absolute atomic E-state index is 2.45. The Kier molecular flexibility index (Phi) is 4.77. The quantitative estimate of drug-likeness (QED) is 0.624. The molecule has 1 heterocycles. The molecule has 0 amide bonds. The van der Waals surface area contributed by atoms with Crippen molar-refractivity contribution in [2.24, 2.45) is 0 Å². The zero-order chi connectivity index (χ0) is 13.0. The monoisotopic (exact) mass is 262 g/mol. The second-order valence-electron chi connectivity index (χ2n) is 6.12. The third-order valence-corrected chi connectivity index (χ3v) is 5.14. The van der Waals surface area contributed by atoms with Crippen molar-refractivity contribution in [1.82, 2.24) is 0 Å². The average molecular weight is 262 g/mol. The number of fused-ring (bicyclic) bond motifs is 1. The lowest BCUT2D eigenvalue weighted by atomic mass is 9.81. The van der Waals surface area contributed by atoms with Crippen LogP contribution in [0.4, 0.5) is 0 Å². The summed E-state index contributed by atoms with van der Waals surface area (Å²) in [5.74, 6) is 1.28. The second-order valence-corrected chi connectivity index (χ2v) is 7.26. The predicted molar refractivity (Wildman–Crippen MR) is 82.7 cm³/mol. The van der Waals surface area contributed by atoms with E-state index in [0.29, 0.717) is 5.41 Å². The van der Waals surface area contributed by atoms with Gasteiger partial charge in [-0.25, -0.2) is 0 Å². The SMILES string of the molecule is CCCCCCc1ccc2c(c1)SCCC2(C)C. The number of aryl methyl sites for hydroxylation is 1. The lowest BCUT2D eigenvalue weighted by molar-refractivity contribution is 0.493. The molecular formula is C17H26S. The fourth-order valence-corrected chi connectivity index (χ4v) is 4.27. The van der Waals surface area contributed by atoms with Gasteiger partial charge in [0.05, 0.1) is 0 Å². The Morgan fingerprint density at radius 1 is 1.17 bits per heavy atom. The van der Waals surface area contributed by atoms with E-state index in [4.69, 9.17) is 0 Å². The van der Waals surface area contributed by atoms with Crippen LogP contribution in [0.3, 0.4) is 0 Å². The van der Waals surface area contributed by atoms with Gasteiger partial charge < -0.3 is 0 Å². The smallest absolute Gasteiger partial charge is 0.0112 e. The molecular weight excluding hydrogens is 236 g/mol. The van der Waals surface area contributed by atoms with E-state index in [9.17, 15) is 0 Å². The molecule has 0 spiro atoms. The Morgan fingerprint density at radius 2 is 2.00 bits per heavy atom. The molecule has 18 heavy (non-hydrogen) atoms. The summed E-state index contributed by atoms with van der Waals surface area (Å²) < 4.78 is 0. The van der Waals surface area contributed by atoms with E-state index < -0.39 is 0 Å². The molecule has 0 N–H and O–H groups in total. The largest absolute Gasteiger partial charge is 0.126 e. The molecule has 0 unspecified atom stereocenters. The summed E-state index contributed by atoms with van der Waals surface area (Å²) >= 11 is 2.05. The van der Waals surface area contributed by atoms with Gasteiger partial charge in [-0.05, 0) is 47.6 Å². The maximum Gasteiger partial charge on any atom is 0.0112 e. The van der Waals surface area contributed by atoms with Crippen LogP contribution in [0.1, 0.15) is 64.0 Å². The summed E-state index contributed by atoms with van der Waals surface area (Å²) in [6.45, 7) is 7.04. The minimum Gasteiger partial charge on any atom is -0.126 e. The minimum absolute atomic E-state index is 0.376. The number of thioether (sulfide) groups is 1. The van der Waals surface area contributed by atoms with Crippen molar-refractivity contribution in [1.29, 1.82) is 0 Å². The van der Waals surface area contributed by atoms with Crippen molar-refractivity contribution >= 4 is 11.8 Å². The highest BCUT2D eigenvalue weighted by Crippen LogP contribution is 2.41. The van der Waals surface area contributed by atoms with Gasteiger partial charge in [0, 0.05) is 4.90 Å². The standard InChI is InChI=1S/C17H26S/c1-4-5-6-7-8-14-9-10-15-16(13-14)18-12-11-17(15,2)3/h9-10,13H,4-8,11-12H2,1-3H3. The first-order chi connectivity index (χ1) is 8.63. The summed E-state index contributed by atoms with van der Waals surface area (Å²) in [7, 11) is 0. The lowest BCUT2D eigenvalue weighted by Gasteiger charge is -2.32. The molecule has 1 aromatic carbocycles. The molecule has 0 nitrogen and oxygen atoms in total. The topological polar surface area (TPSA) is 0 Å². The van der Waals surface area contributed by atoms with Crippen molar-refractivity contribution in [3.05, 3.63) is 29.3 Å². The summed E-state index contributed by atoms with van der Waals surface area (Å²) in [6.07, 6.45) is 8.00. The maximum atomic E-state index is 2.45. The van der Waals surface area contributed by atoms with Gasteiger partial charge in [0.1, 0.15) is 0 Å².